The topological polar surface area (TPSA) is 46.9 Å². The zero-order chi connectivity index (χ0) is 11.9. The summed E-state index contributed by atoms with van der Waals surface area (Å²) in [5.41, 5.74) is 1.66. The fourth-order valence-electron chi connectivity index (χ4n) is 2.06. The van der Waals surface area contributed by atoms with Crippen molar-refractivity contribution in [3.8, 4) is 0 Å². The molecule has 2 heterocycles. The van der Waals surface area contributed by atoms with E-state index in [1.807, 2.05) is 20.9 Å². The van der Waals surface area contributed by atoms with Gasteiger partial charge in [0.2, 0.25) is 0 Å². The van der Waals surface area contributed by atoms with Crippen LogP contribution in [0.15, 0.2) is 0 Å². The minimum atomic E-state index is -0.280. The van der Waals surface area contributed by atoms with Crippen molar-refractivity contribution < 1.29 is 4.79 Å². The lowest BCUT2D eigenvalue weighted by molar-refractivity contribution is -0.118. The zero-order valence-electron chi connectivity index (χ0n) is 9.75. The van der Waals surface area contributed by atoms with Crippen molar-refractivity contribution in [2.75, 3.05) is 6.54 Å². The molecule has 1 atom stereocenters. The van der Waals surface area contributed by atoms with Gasteiger partial charge in [-0.05, 0) is 5.92 Å². The minimum Gasteiger partial charge on any atom is -0.302 e. The van der Waals surface area contributed by atoms with Crippen molar-refractivity contribution in [1.29, 1.82) is 0 Å². The van der Waals surface area contributed by atoms with Crippen LogP contribution in [0.25, 0.3) is 0 Å². The Morgan fingerprint density at radius 3 is 2.69 bits per heavy atom. The van der Waals surface area contributed by atoms with Gasteiger partial charge in [-0.1, -0.05) is 25.4 Å². The fourth-order valence-corrected chi connectivity index (χ4v) is 2.55. The summed E-state index contributed by atoms with van der Waals surface area (Å²) in [5, 5.41) is 8.17. The van der Waals surface area contributed by atoms with Crippen molar-refractivity contribution in [3.05, 3.63) is 16.4 Å². The lowest BCUT2D eigenvalue weighted by atomic mass is 10.1. The van der Waals surface area contributed by atoms with E-state index in [1.165, 1.54) is 0 Å². The maximum atomic E-state index is 11.7. The first-order chi connectivity index (χ1) is 7.52. The van der Waals surface area contributed by atoms with Gasteiger partial charge in [-0.2, -0.15) is 5.10 Å². The van der Waals surface area contributed by atoms with Crippen LogP contribution in [0.1, 0.15) is 43.6 Å². The minimum absolute atomic E-state index is 0.195. The molecule has 0 spiro atoms. The number of Topliss-reactive ketones (excluding diaryl/α,β-unsaturated/α-hetero) is 1. The Balaban J connectivity index is 2.44. The molecule has 88 valence electrons. The highest BCUT2D eigenvalue weighted by Crippen LogP contribution is 2.32. The summed E-state index contributed by atoms with van der Waals surface area (Å²) in [7, 11) is 1.83. The molecule has 0 aromatic carbocycles. The fraction of sp³-hybridized carbons (Fsp3) is 0.636. The van der Waals surface area contributed by atoms with E-state index in [4.69, 9.17) is 11.6 Å². The van der Waals surface area contributed by atoms with E-state index in [0.29, 0.717) is 11.4 Å². The second-order valence-corrected chi connectivity index (χ2v) is 4.84. The van der Waals surface area contributed by atoms with Crippen LogP contribution in [-0.4, -0.2) is 22.1 Å². The first-order valence-corrected chi connectivity index (χ1v) is 5.88. The number of ketones is 1. The molecule has 1 aliphatic heterocycles. The average Bonchev–Trinajstić information content (AvgIpc) is 2.71. The number of halogens is 1. The Labute approximate surface area is 100.0 Å². The molecule has 1 aliphatic rings. The van der Waals surface area contributed by atoms with Gasteiger partial charge >= 0.3 is 0 Å². The van der Waals surface area contributed by atoms with Gasteiger partial charge in [0.15, 0.2) is 5.78 Å². The molecule has 1 unspecified atom stereocenters. The van der Waals surface area contributed by atoms with Gasteiger partial charge < -0.3 is 5.32 Å². The van der Waals surface area contributed by atoms with Gasteiger partial charge in [0.05, 0.1) is 16.4 Å². The van der Waals surface area contributed by atoms with E-state index in [9.17, 15) is 4.79 Å². The molecule has 0 saturated carbocycles. The molecule has 1 aromatic rings. The van der Waals surface area contributed by atoms with Gasteiger partial charge in [0.1, 0.15) is 6.04 Å². The summed E-state index contributed by atoms with van der Waals surface area (Å²) in [6.45, 7) is 4.81. The molecule has 0 aliphatic carbocycles. The summed E-state index contributed by atoms with van der Waals surface area (Å²) in [6.07, 6.45) is 0.573. The molecule has 1 N–H and O–H groups in total. The third-order valence-electron chi connectivity index (χ3n) is 2.92. The lowest BCUT2D eigenvalue weighted by Crippen LogP contribution is -2.21. The van der Waals surface area contributed by atoms with Crippen LogP contribution < -0.4 is 5.32 Å². The highest BCUT2D eigenvalue weighted by Gasteiger charge is 2.31. The predicted molar refractivity (Wildman–Crippen MR) is 62.7 cm³/mol. The maximum absolute atomic E-state index is 11.7. The number of aromatic nitrogens is 2. The third-order valence-corrected chi connectivity index (χ3v) is 3.31. The molecule has 2 rings (SSSR count). The highest BCUT2D eigenvalue weighted by molar-refractivity contribution is 6.32. The van der Waals surface area contributed by atoms with Crippen molar-refractivity contribution in [2.24, 2.45) is 7.05 Å². The van der Waals surface area contributed by atoms with Gasteiger partial charge in [-0.3, -0.25) is 9.48 Å². The predicted octanol–water partition coefficient (Wildman–Crippen LogP) is 1.80. The first-order valence-electron chi connectivity index (χ1n) is 5.50. The number of hydrogen-bond donors (Lipinski definition) is 1. The van der Waals surface area contributed by atoms with E-state index >= 15 is 0 Å². The number of rotatable bonds is 2. The maximum Gasteiger partial charge on any atom is 0.157 e. The molecule has 4 nitrogen and oxygen atoms in total. The molecular weight excluding hydrogens is 226 g/mol. The zero-order valence-corrected chi connectivity index (χ0v) is 10.5. The van der Waals surface area contributed by atoms with E-state index < -0.39 is 0 Å². The average molecular weight is 242 g/mol. The van der Waals surface area contributed by atoms with Gasteiger partial charge in [-0.15, -0.1) is 0 Å². The molecule has 0 amide bonds. The molecule has 1 aromatic heterocycles. The van der Waals surface area contributed by atoms with Crippen molar-refractivity contribution in [1.82, 2.24) is 15.1 Å². The molecular formula is C11H16ClN3O. The van der Waals surface area contributed by atoms with Crippen LogP contribution in [-0.2, 0) is 11.8 Å². The summed E-state index contributed by atoms with van der Waals surface area (Å²) in [6, 6.07) is -0.280. The smallest absolute Gasteiger partial charge is 0.157 e. The summed E-state index contributed by atoms with van der Waals surface area (Å²) >= 11 is 6.29. The number of carbonyl (C=O) groups excluding carboxylic acids is 1. The van der Waals surface area contributed by atoms with Gasteiger partial charge in [0.25, 0.3) is 0 Å². The Hall–Kier alpha value is -0.870. The summed E-state index contributed by atoms with van der Waals surface area (Å²) in [5.74, 6) is 0.462. The number of nitrogens with zero attached hydrogens (tertiary/aromatic N) is 2. The Morgan fingerprint density at radius 2 is 2.25 bits per heavy atom. The number of carbonyl (C=O) groups is 1. The van der Waals surface area contributed by atoms with Crippen molar-refractivity contribution in [3.63, 3.8) is 0 Å². The molecule has 16 heavy (non-hydrogen) atoms. The van der Waals surface area contributed by atoms with Crippen LogP contribution in [0.2, 0.25) is 5.02 Å². The van der Waals surface area contributed by atoms with Crippen LogP contribution >= 0.6 is 11.6 Å². The number of aryl methyl sites for hydroxylation is 1. The van der Waals surface area contributed by atoms with Crippen LogP contribution in [0.3, 0.4) is 0 Å². The van der Waals surface area contributed by atoms with Crippen molar-refractivity contribution >= 4 is 17.4 Å². The monoisotopic (exact) mass is 241 g/mol. The second kappa shape index (κ2) is 4.18. The molecule has 0 radical (unpaired) electrons. The van der Waals surface area contributed by atoms with E-state index in [0.717, 1.165) is 17.9 Å². The Morgan fingerprint density at radius 1 is 1.56 bits per heavy atom. The quantitative estimate of drug-likeness (QED) is 0.859. The first kappa shape index (κ1) is 11.6. The Bertz CT molecular complexity index is 425. The number of nitrogens with one attached hydrogen (secondary N) is 1. The molecule has 1 fully saturated rings. The summed E-state index contributed by atoms with van der Waals surface area (Å²) in [4.78, 5) is 11.7. The molecule has 5 heteroatoms. The van der Waals surface area contributed by atoms with Crippen molar-refractivity contribution in [2.45, 2.75) is 32.2 Å². The largest absolute Gasteiger partial charge is 0.302 e. The van der Waals surface area contributed by atoms with E-state index in [2.05, 4.69) is 10.4 Å². The van der Waals surface area contributed by atoms with E-state index in [1.54, 1.807) is 4.68 Å². The Kier molecular flexibility index (Phi) is 3.04. The van der Waals surface area contributed by atoms with Crippen LogP contribution in [0.5, 0.6) is 0 Å². The van der Waals surface area contributed by atoms with Crippen LogP contribution in [0.4, 0.5) is 0 Å². The number of hydrogen-bond acceptors (Lipinski definition) is 3. The highest BCUT2D eigenvalue weighted by atomic mass is 35.5. The second-order valence-electron chi connectivity index (χ2n) is 4.47. The standard InChI is InChI=1S/C11H16ClN3O/c1-6(2)9-8(12)11(15(3)14-9)10-7(16)4-5-13-10/h6,10,13H,4-5H2,1-3H3. The third kappa shape index (κ3) is 1.76. The molecule has 1 saturated heterocycles. The normalized spacial score (nSPS) is 21.1. The van der Waals surface area contributed by atoms with Gasteiger partial charge in [-0.25, -0.2) is 0 Å². The summed E-state index contributed by atoms with van der Waals surface area (Å²) < 4.78 is 1.72. The lowest BCUT2D eigenvalue weighted by Gasteiger charge is -2.09. The van der Waals surface area contributed by atoms with E-state index in [-0.39, 0.29) is 17.7 Å². The van der Waals surface area contributed by atoms with Gasteiger partial charge in [0, 0.05) is 20.0 Å². The van der Waals surface area contributed by atoms with Crippen LogP contribution in [0, 0.1) is 0 Å². The molecule has 0 bridgehead atoms. The SMILES string of the molecule is CC(C)c1nn(C)c(C2NCCC2=O)c1Cl.